The monoisotopic (exact) mass is 361 g/mol. The first-order valence-electron chi connectivity index (χ1n) is 7.76. The molecular formula is C15H25BrClN3. The summed E-state index contributed by atoms with van der Waals surface area (Å²) in [7, 11) is 0. The molecule has 20 heavy (non-hydrogen) atoms. The van der Waals surface area contributed by atoms with Gasteiger partial charge >= 0.3 is 0 Å². The summed E-state index contributed by atoms with van der Waals surface area (Å²) in [4.78, 5) is 0. The first-order chi connectivity index (χ1) is 9.67. The third-order valence-electron chi connectivity index (χ3n) is 4.21. The van der Waals surface area contributed by atoms with E-state index in [0.29, 0.717) is 11.3 Å². The average Bonchev–Trinajstić information content (AvgIpc) is 2.77. The normalized spacial score (nSPS) is 23.2. The van der Waals surface area contributed by atoms with Crippen molar-refractivity contribution in [2.24, 2.45) is 5.92 Å². The first-order valence-corrected chi connectivity index (χ1v) is 8.99. The number of rotatable bonds is 6. The molecule has 0 amide bonds. The fourth-order valence-corrected chi connectivity index (χ4v) is 4.03. The minimum absolute atomic E-state index is 0.349. The molecule has 1 fully saturated rings. The topological polar surface area (TPSA) is 29.9 Å². The molecule has 114 valence electrons. The van der Waals surface area contributed by atoms with E-state index in [0.717, 1.165) is 31.7 Å². The van der Waals surface area contributed by atoms with Gasteiger partial charge in [-0.15, -0.1) is 11.6 Å². The first kappa shape index (κ1) is 16.3. The van der Waals surface area contributed by atoms with Crippen molar-refractivity contribution >= 4 is 27.5 Å². The van der Waals surface area contributed by atoms with Gasteiger partial charge in [-0.2, -0.15) is 5.10 Å². The summed E-state index contributed by atoms with van der Waals surface area (Å²) < 4.78 is 3.26. The molecule has 3 nitrogen and oxygen atoms in total. The van der Waals surface area contributed by atoms with E-state index in [1.807, 2.05) is 0 Å². The van der Waals surface area contributed by atoms with Crippen molar-refractivity contribution in [2.45, 2.75) is 64.4 Å². The fourth-order valence-electron chi connectivity index (χ4n) is 2.95. The van der Waals surface area contributed by atoms with E-state index in [1.54, 1.807) is 0 Å². The van der Waals surface area contributed by atoms with E-state index in [9.17, 15) is 0 Å². The Labute approximate surface area is 135 Å². The van der Waals surface area contributed by atoms with Crippen molar-refractivity contribution in [3.63, 3.8) is 0 Å². The Morgan fingerprint density at radius 2 is 2.10 bits per heavy atom. The molecule has 0 spiro atoms. The van der Waals surface area contributed by atoms with Crippen molar-refractivity contribution in [1.82, 2.24) is 15.1 Å². The highest BCUT2D eigenvalue weighted by Crippen LogP contribution is 2.28. The van der Waals surface area contributed by atoms with Gasteiger partial charge in [0.2, 0.25) is 0 Å². The molecule has 0 bridgehead atoms. The summed E-state index contributed by atoms with van der Waals surface area (Å²) in [6, 6.07) is 0. The summed E-state index contributed by atoms with van der Waals surface area (Å²) >= 11 is 10.1. The SMILES string of the molecule is CCc1nn(CC)c(CNCC2CCCCC2Cl)c1Br. The van der Waals surface area contributed by atoms with Gasteiger partial charge in [0, 0.05) is 18.5 Å². The minimum Gasteiger partial charge on any atom is -0.311 e. The smallest absolute Gasteiger partial charge is 0.0767 e. The van der Waals surface area contributed by atoms with Crippen molar-refractivity contribution in [3.8, 4) is 0 Å². The Morgan fingerprint density at radius 1 is 1.35 bits per heavy atom. The Balaban J connectivity index is 1.91. The van der Waals surface area contributed by atoms with Crippen LogP contribution >= 0.6 is 27.5 Å². The van der Waals surface area contributed by atoms with E-state index < -0.39 is 0 Å². The molecule has 1 aromatic heterocycles. The van der Waals surface area contributed by atoms with Gasteiger partial charge in [0.15, 0.2) is 0 Å². The second kappa shape index (κ2) is 7.81. The van der Waals surface area contributed by atoms with Crippen LogP contribution in [0, 0.1) is 5.92 Å². The Hall–Kier alpha value is -0.0600. The van der Waals surface area contributed by atoms with E-state index >= 15 is 0 Å². The van der Waals surface area contributed by atoms with Crippen LogP contribution in [-0.4, -0.2) is 21.7 Å². The maximum absolute atomic E-state index is 6.41. The number of aromatic nitrogens is 2. The zero-order valence-corrected chi connectivity index (χ0v) is 14.8. The van der Waals surface area contributed by atoms with Gasteiger partial charge in [0.05, 0.1) is 15.9 Å². The number of halogens is 2. The third kappa shape index (κ3) is 3.77. The van der Waals surface area contributed by atoms with Crippen LogP contribution in [0.2, 0.25) is 0 Å². The lowest BCUT2D eigenvalue weighted by Crippen LogP contribution is -2.31. The molecule has 1 N–H and O–H groups in total. The lowest BCUT2D eigenvalue weighted by molar-refractivity contribution is 0.346. The van der Waals surface area contributed by atoms with Crippen molar-refractivity contribution < 1.29 is 0 Å². The second-order valence-electron chi connectivity index (χ2n) is 5.57. The van der Waals surface area contributed by atoms with E-state index in [2.05, 4.69) is 44.9 Å². The number of nitrogens with zero attached hydrogens (tertiary/aromatic N) is 2. The predicted octanol–water partition coefficient (Wildman–Crippen LogP) is 4.12. The van der Waals surface area contributed by atoms with Gasteiger partial charge in [-0.1, -0.05) is 19.8 Å². The molecule has 0 aliphatic heterocycles. The summed E-state index contributed by atoms with van der Waals surface area (Å²) in [6.45, 7) is 7.07. The standard InChI is InChI=1S/C15H25BrClN3/c1-3-13-15(16)14(20(4-2)19-13)10-18-9-11-7-5-6-8-12(11)17/h11-12,18H,3-10H2,1-2H3. The molecule has 0 aromatic carbocycles. The van der Waals surface area contributed by atoms with Crippen LogP contribution in [0.1, 0.15) is 50.9 Å². The van der Waals surface area contributed by atoms with Gasteiger partial charge in [0.25, 0.3) is 0 Å². The molecule has 1 aromatic rings. The molecule has 1 aliphatic carbocycles. The summed E-state index contributed by atoms with van der Waals surface area (Å²) in [5, 5.41) is 8.56. The van der Waals surface area contributed by atoms with Crippen LogP contribution < -0.4 is 5.32 Å². The molecule has 1 heterocycles. The van der Waals surface area contributed by atoms with Crippen LogP contribution in [0.15, 0.2) is 4.47 Å². The third-order valence-corrected chi connectivity index (χ3v) is 5.70. The molecule has 0 saturated heterocycles. The highest BCUT2D eigenvalue weighted by molar-refractivity contribution is 9.10. The van der Waals surface area contributed by atoms with Gasteiger partial charge in [-0.3, -0.25) is 4.68 Å². The highest BCUT2D eigenvalue weighted by Gasteiger charge is 2.23. The van der Waals surface area contributed by atoms with Gasteiger partial charge in [-0.05, 0) is 54.6 Å². The van der Waals surface area contributed by atoms with Crippen LogP contribution in [0.4, 0.5) is 0 Å². The molecule has 2 unspecified atom stereocenters. The minimum atomic E-state index is 0.349. The number of hydrogen-bond donors (Lipinski definition) is 1. The van der Waals surface area contributed by atoms with Crippen LogP contribution in [-0.2, 0) is 19.5 Å². The van der Waals surface area contributed by atoms with Crippen LogP contribution in [0.3, 0.4) is 0 Å². The molecule has 0 radical (unpaired) electrons. The largest absolute Gasteiger partial charge is 0.311 e. The summed E-state index contributed by atoms with van der Waals surface area (Å²) in [5.41, 5.74) is 2.41. The highest BCUT2D eigenvalue weighted by atomic mass is 79.9. The molecular weight excluding hydrogens is 338 g/mol. The lowest BCUT2D eigenvalue weighted by atomic mass is 9.89. The van der Waals surface area contributed by atoms with Crippen molar-refractivity contribution in [3.05, 3.63) is 15.9 Å². The van der Waals surface area contributed by atoms with Crippen LogP contribution in [0.5, 0.6) is 0 Å². The van der Waals surface area contributed by atoms with Gasteiger partial charge < -0.3 is 5.32 Å². The van der Waals surface area contributed by atoms with E-state index in [4.69, 9.17) is 11.6 Å². The van der Waals surface area contributed by atoms with E-state index in [1.165, 1.54) is 35.8 Å². The zero-order valence-electron chi connectivity index (χ0n) is 12.5. The average molecular weight is 363 g/mol. The van der Waals surface area contributed by atoms with Crippen molar-refractivity contribution in [2.75, 3.05) is 6.54 Å². The Kier molecular flexibility index (Phi) is 6.37. The zero-order chi connectivity index (χ0) is 14.5. The molecule has 1 aliphatic rings. The van der Waals surface area contributed by atoms with Gasteiger partial charge in [-0.25, -0.2) is 0 Å². The van der Waals surface area contributed by atoms with Gasteiger partial charge in [0.1, 0.15) is 0 Å². The molecule has 5 heteroatoms. The molecule has 1 saturated carbocycles. The Morgan fingerprint density at radius 3 is 2.75 bits per heavy atom. The van der Waals surface area contributed by atoms with E-state index in [-0.39, 0.29) is 0 Å². The second-order valence-corrected chi connectivity index (χ2v) is 6.92. The predicted molar refractivity (Wildman–Crippen MR) is 88.3 cm³/mol. The summed E-state index contributed by atoms with van der Waals surface area (Å²) in [5.74, 6) is 0.618. The maximum atomic E-state index is 6.41. The fraction of sp³-hybridized carbons (Fsp3) is 0.800. The lowest BCUT2D eigenvalue weighted by Gasteiger charge is -2.27. The number of aryl methyl sites for hydroxylation is 2. The molecule has 2 atom stereocenters. The van der Waals surface area contributed by atoms with Crippen molar-refractivity contribution in [1.29, 1.82) is 0 Å². The quantitative estimate of drug-likeness (QED) is 0.772. The van der Waals surface area contributed by atoms with Crippen LogP contribution in [0.25, 0.3) is 0 Å². The Bertz CT molecular complexity index is 433. The number of nitrogens with one attached hydrogen (secondary N) is 1. The number of alkyl halides is 1. The number of hydrogen-bond acceptors (Lipinski definition) is 2. The maximum Gasteiger partial charge on any atom is 0.0767 e. The summed E-state index contributed by atoms with van der Waals surface area (Å²) in [6.07, 6.45) is 6.01. The molecule has 2 rings (SSSR count).